The van der Waals surface area contributed by atoms with Gasteiger partial charge in [0.05, 0.1) is 19.8 Å². The van der Waals surface area contributed by atoms with E-state index >= 15 is 0 Å². The molecule has 4 nitrogen and oxygen atoms in total. The van der Waals surface area contributed by atoms with Crippen LogP contribution in [-0.2, 0) is 16.0 Å². The third kappa shape index (κ3) is 4.05. The van der Waals surface area contributed by atoms with Crippen molar-refractivity contribution in [1.82, 2.24) is 9.80 Å². The molecule has 3 rings (SSSR count). The average molecular weight is 310 g/mol. The maximum absolute atomic E-state index is 6.23. The van der Waals surface area contributed by atoms with Crippen molar-refractivity contribution in [3.8, 4) is 0 Å². The first-order valence-corrected chi connectivity index (χ1v) is 8.64. The first-order chi connectivity index (χ1) is 10.2. The standard InChI is InChI=1S/C16H26N2O2S/c1-17(2)9-14-8-16(20-11-14)12-18(5-6-19-13-16)10-15-4-3-7-21-15/h3-4,7,14H,5-6,8-13H2,1-2H3. The number of hydrogen-bond donors (Lipinski definition) is 0. The van der Waals surface area contributed by atoms with Gasteiger partial charge in [-0.3, -0.25) is 4.90 Å². The highest BCUT2D eigenvalue weighted by Gasteiger charge is 2.43. The lowest BCUT2D eigenvalue weighted by Gasteiger charge is -2.31. The van der Waals surface area contributed by atoms with Crippen molar-refractivity contribution in [3.63, 3.8) is 0 Å². The SMILES string of the molecule is CN(C)CC1COC2(COCCN(Cc3cccs3)C2)C1. The van der Waals surface area contributed by atoms with Crippen molar-refractivity contribution in [2.24, 2.45) is 5.92 Å². The molecule has 118 valence electrons. The van der Waals surface area contributed by atoms with Gasteiger partial charge in [-0.25, -0.2) is 0 Å². The molecule has 2 aliphatic rings. The highest BCUT2D eigenvalue weighted by Crippen LogP contribution is 2.33. The van der Waals surface area contributed by atoms with E-state index in [1.165, 1.54) is 4.88 Å². The van der Waals surface area contributed by atoms with Gasteiger partial charge >= 0.3 is 0 Å². The molecule has 0 radical (unpaired) electrons. The molecule has 2 atom stereocenters. The number of rotatable bonds is 4. The lowest BCUT2D eigenvalue weighted by atomic mass is 9.94. The van der Waals surface area contributed by atoms with Crippen molar-refractivity contribution >= 4 is 11.3 Å². The van der Waals surface area contributed by atoms with Gasteiger partial charge in [0.1, 0.15) is 5.60 Å². The normalized spacial score (nSPS) is 31.1. The Morgan fingerprint density at radius 1 is 1.48 bits per heavy atom. The summed E-state index contributed by atoms with van der Waals surface area (Å²) < 4.78 is 12.1. The smallest absolute Gasteiger partial charge is 0.104 e. The molecule has 21 heavy (non-hydrogen) atoms. The average Bonchev–Trinajstić information content (AvgIpc) is 3.00. The molecule has 0 saturated carbocycles. The molecule has 1 spiro atoms. The summed E-state index contributed by atoms with van der Waals surface area (Å²) in [6.07, 6.45) is 1.12. The minimum absolute atomic E-state index is 0.0889. The lowest BCUT2D eigenvalue weighted by Crippen LogP contribution is -2.43. The van der Waals surface area contributed by atoms with Crippen LogP contribution in [0.5, 0.6) is 0 Å². The lowest BCUT2D eigenvalue weighted by molar-refractivity contribution is -0.0562. The van der Waals surface area contributed by atoms with Crippen molar-refractivity contribution in [2.75, 3.05) is 53.6 Å². The van der Waals surface area contributed by atoms with Crippen LogP contribution in [0.25, 0.3) is 0 Å². The third-order valence-corrected chi connectivity index (χ3v) is 5.16. The van der Waals surface area contributed by atoms with E-state index in [1.807, 2.05) is 11.3 Å². The molecule has 2 saturated heterocycles. The minimum atomic E-state index is -0.0889. The van der Waals surface area contributed by atoms with E-state index in [-0.39, 0.29) is 5.60 Å². The molecule has 1 aromatic heterocycles. The molecule has 1 aromatic rings. The van der Waals surface area contributed by atoms with Crippen LogP contribution in [0.3, 0.4) is 0 Å². The predicted molar refractivity (Wildman–Crippen MR) is 85.8 cm³/mol. The van der Waals surface area contributed by atoms with Gasteiger partial charge in [0, 0.05) is 31.1 Å². The number of thiophene rings is 1. The monoisotopic (exact) mass is 310 g/mol. The molecule has 2 unspecified atom stereocenters. The Hall–Kier alpha value is -0.460. The Morgan fingerprint density at radius 2 is 2.38 bits per heavy atom. The molecule has 0 amide bonds. The highest BCUT2D eigenvalue weighted by molar-refractivity contribution is 7.09. The van der Waals surface area contributed by atoms with Gasteiger partial charge in [-0.1, -0.05) is 6.07 Å². The molecule has 2 fully saturated rings. The Labute approximate surface area is 131 Å². The van der Waals surface area contributed by atoms with Gasteiger partial charge < -0.3 is 14.4 Å². The van der Waals surface area contributed by atoms with E-state index in [1.54, 1.807) is 0 Å². The summed E-state index contributed by atoms with van der Waals surface area (Å²) in [4.78, 5) is 6.18. The molecule has 0 N–H and O–H groups in total. The maximum atomic E-state index is 6.23. The van der Waals surface area contributed by atoms with Crippen LogP contribution in [0.15, 0.2) is 17.5 Å². The fourth-order valence-corrected chi connectivity index (χ4v) is 4.27. The summed E-state index contributed by atoms with van der Waals surface area (Å²) >= 11 is 1.83. The summed E-state index contributed by atoms with van der Waals surface area (Å²) in [5, 5.41) is 2.15. The largest absolute Gasteiger partial charge is 0.377 e. The summed E-state index contributed by atoms with van der Waals surface area (Å²) in [6, 6.07) is 4.34. The minimum Gasteiger partial charge on any atom is -0.377 e. The summed E-state index contributed by atoms with van der Waals surface area (Å²) in [7, 11) is 4.27. The van der Waals surface area contributed by atoms with Crippen LogP contribution in [0, 0.1) is 5.92 Å². The fourth-order valence-electron chi connectivity index (χ4n) is 3.52. The van der Waals surface area contributed by atoms with Gasteiger partial charge in [0.15, 0.2) is 0 Å². The van der Waals surface area contributed by atoms with Crippen LogP contribution in [-0.4, -0.2) is 69.0 Å². The number of hydrogen-bond acceptors (Lipinski definition) is 5. The Bertz CT molecular complexity index is 437. The molecule has 0 bridgehead atoms. The second kappa shape index (κ2) is 6.75. The molecule has 3 heterocycles. The predicted octanol–water partition coefficient (Wildman–Crippen LogP) is 1.92. The summed E-state index contributed by atoms with van der Waals surface area (Å²) in [5.41, 5.74) is -0.0889. The molecule has 5 heteroatoms. The molecule has 0 aromatic carbocycles. The summed E-state index contributed by atoms with van der Waals surface area (Å²) in [6.45, 7) is 6.55. The second-order valence-corrected chi connectivity index (χ2v) is 7.70. The number of nitrogens with zero attached hydrogens (tertiary/aromatic N) is 2. The van der Waals surface area contributed by atoms with Crippen LogP contribution >= 0.6 is 11.3 Å². The first-order valence-electron chi connectivity index (χ1n) is 7.76. The quantitative estimate of drug-likeness (QED) is 0.848. The van der Waals surface area contributed by atoms with E-state index in [0.29, 0.717) is 5.92 Å². The van der Waals surface area contributed by atoms with Crippen LogP contribution in [0.2, 0.25) is 0 Å². The molecule has 2 aliphatic heterocycles. The Kier molecular flexibility index (Phi) is 4.96. The van der Waals surface area contributed by atoms with E-state index in [0.717, 1.165) is 52.4 Å². The summed E-state index contributed by atoms with van der Waals surface area (Å²) in [5.74, 6) is 0.630. The Morgan fingerprint density at radius 3 is 3.14 bits per heavy atom. The zero-order valence-corrected chi connectivity index (χ0v) is 13.9. The molecular weight excluding hydrogens is 284 g/mol. The number of ether oxygens (including phenoxy) is 2. The molecular formula is C16H26N2O2S. The zero-order valence-electron chi connectivity index (χ0n) is 13.1. The van der Waals surface area contributed by atoms with Gasteiger partial charge in [-0.05, 0) is 37.9 Å². The van der Waals surface area contributed by atoms with Gasteiger partial charge in [0.2, 0.25) is 0 Å². The van der Waals surface area contributed by atoms with Crippen molar-refractivity contribution < 1.29 is 9.47 Å². The van der Waals surface area contributed by atoms with Gasteiger partial charge in [0.25, 0.3) is 0 Å². The molecule has 0 aliphatic carbocycles. The van der Waals surface area contributed by atoms with E-state index < -0.39 is 0 Å². The topological polar surface area (TPSA) is 24.9 Å². The van der Waals surface area contributed by atoms with Crippen LogP contribution in [0.1, 0.15) is 11.3 Å². The van der Waals surface area contributed by atoms with Gasteiger partial charge in [-0.15, -0.1) is 11.3 Å². The van der Waals surface area contributed by atoms with E-state index in [2.05, 4.69) is 41.4 Å². The van der Waals surface area contributed by atoms with Crippen molar-refractivity contribution in [1.29, 1.82) is 0 Å². The maximum Gasteiger partial charge on any atom is 0.104 e. The zero-order chi connectivity index (χ0) is 14.7. The highest BCUT2D eigenvalue weighted by atomic mass is 32.1. The van der Waals surface area contributed by atoms with Crippen molar-refractivity contribution in [3.05, 3.63) is 22.4 Å². The Balaban J connectivity index is 1.62. The van der Waals surface area contributed by atoms with E-state index in [4.69, 9.17) is 9.47 Å². The van der Waals surface area contributed by atoms with E-state index in [9.17, 15) is 0 Å². The second-order valence-electron chi connectivity index (χ2n) is 6.67. The van der Waals surface area contributed by atoms with Crippen molar-refractivity contribution in [2.45, 2.75) is 18.6 Å². The van der Waals surface area contributed by atoms with Crippen LogP contribution in [0.4, 0.5) is 0 Å². The van der Waals surface area contributed by atoms with Gasteiger partial charge in [-0.2, -0.15) is 0 Å². The third-order valence-electron chi connectivity index (χ3n) is 4.30. The fraction of sp³-hybridized carbons (Fsp3) is 0.750. The first kappa shape index (κ1) is 15.4. The van der Waals surface area contributed by atoms with Crippen LogP contribution < -0.4 is 0 Å².